The summed E-state index contributed by atoms with van der Waals surface area (Å²) >= 11 is 0. The highest BCUT2D eigenvalue weighted by atomic mass is 16.2. The molecule has 0 bridgehead atoms. The van der Waals surface area contributed by atoms with E-state index in [0.29, 0.717) is 13.0 Å². The SMILES string of the molecule is CNC(=O)C1CC(=O)N(CCCN(C)C)C1. The van der Waals surface area contributed by atoms with Crippen molar-refractivity contribution in [2.24, 2.45) is 5.92 Å². The quantitative estimate of drug-likeness (QED) is 0.691. The first-order chi connectivity index (χ1) is 7.54. The minimum Gasteiger partial charge on any atom is -0.359 e. The third-order valence-corrected chi connectivity index (χ3v) is 2.87. The fraction of sp³-hybridized carbons (Fsp3) is 0.818. The molecule has 1 rings (SSSR count). The van der Waals surface area contributed by atoms with Crippen LogP contribution >= 0.6 is 0 Å². The van der Waals surface area contributed by atoms with Crippen LogP contribution in [0.3, 0.4) is 0 Å². The Hall–Kier alpha value is -1.10. The molecule has 1 N–H and O–H groups in total. The Kier molecular flexibility index (Phi) is 4.73. The van der Waals surface area contributed by atoms with Crippen LogP contribution in [0.5, 0.6) is 0 Å². The van der Waals surface area contributed by atoms with Gasteiger partial charge in [-0.25, -0.2) is 0 Å². The van der Waals surface area contributed by atoms with Gasteiger partial charge in [-0.1, -0.05) is 0 Å². The third kappa shape index (κ3) is 3.48. The number of hydrogen-bond acceptors (Lipinski definition) is 3. The Bertz CT molecular complexity index is 266. The van der Waals surface area contributed by atoms with Crippen LogP contribution < -0.4 is 5.32 Å². The summed E-state index contributed by atoms with van der Waals surface area (Å²) in [7, 11) is 5.64. The molecule has 5 nitrogen and oxygen atoms in total. The number of hydrogen-bond donors (Lipinski definition) is 1. The second kappa shape index (κ2) is 5.84. The maximum Gasteiger partial charge on any atom is 0.225 e. The largest absolute Gasteiger partial charge is 0.359 e. The number of nitrogens with zero attached hydrogens (tertiary/aromatic N) is 2. The maximum absolute atomic E-state index is 11.6. The normalized spacial score (nSPS) is 20.6. The Labute approximate surface area is 96.8 Å². The van der Waals surface area contributed by atoms with Crippen LogP contribution in [-0.2, 0) is 9.59 Å². The van der Waals surface area contributed by atoms with E-state index >= 15 is 0 Å². The van der Waals surface area contributed by atoms with Crippen LogP contribution in [-0.4, -0.2) is 62.4 Å². The standard InChI is InChI=1S/C11H21N3O2/c1-12-11(16)9-7-10(15)14(8-9)6-4-5-13(2)3/h9H,4-8H2,1-3H3,(H,12,16). The second-order valence-corrected chi connectivity index (χ2v) is 4.51. The van der Waals surface area contributed by atoms with Crippen LogP contribution in [0, 0.1) is 5.92 Å². The number of carbonyl (C=O) groups excluding carboxylic acids is 2. The molecular weight excluding hydrogens is 206 g/mol. The highest BCUT2D eigenvalue weighted by Crippen LogP contribution is 2.17. The molecule has 1 aliphatic rings. The molecule has 2 amide bonds. The molecule has 16 heavy (non-hydrogen) atoms. The molecule has 5 heteroatoms. The average Bonchev–Trinajstić information content (AvgIpc) is 2.59. The zero-order valence-electron chi connectivity index (χ0n) is 10.3. The maximum atomic E-state index is 11.6. The molecule has 0 spiro atoms. The summed E-state index contributed by atoms with van der Waals surface area (Å²) in [5.41, 5.74) is 0. The van der Waals surface area contributed by atoms with Gasteiger partial charge in [0.25, 0.3) is 0 Å². The molecule has 0 saturated carbocycles. The van der Waals surface area contributed by atoms with E-state index in [0.717, 1.165) is 19.5 Å². The lowest BCUT2D eigenvalue weighted by Gasteiger charge is -2.17. The minimum absolute atomic E-state index is 0.0246. The number of likely N-dealkylation sites (tertiary alicyclic amines) is 1. The first kappa shape index (κ1) is 13.0. The van der Waals surface area contributed by atoms with Gasteiger partial charge >= 0.3 is 0 Å². The topological polar surface area (TPSA) is 52.7 Å². The van der Waals surface area contributed by atoms with Crippen molar-refractivity contribution in [2.45, 2.75) is 12.8 Å². The Morgan fingerprint density at radius 2 is 2.25 bits per heavy atom. The molecular formula is C11H21N3O2. The molecule has 0 aromatic carbocycles. The van der Waals surface area contributed by atoms with Crippen LogP contribution in [0.25, 0.3) is 0 Å². The highest BCUT2D eigenvalue weighted by Gasteiger charge is 2.33. The van der Waals surface area contributed by atoms with Crippen molar-refractivity contribution in [1.29, 1.82) is 0 Å². The Balaban J connectivity index is 2.34. The Morgan fingerprint density at radius 3 is 2.81 bits per heavy atom. The van der Waals surface area contributed by atoms with Gasteiger partial charge in [-0.05, 0) is 27.1 Å². The molecule has 1 saturated heterocycles. The van der Waals surface area contributed by atoms with Crippen molar-refractivity contribution >= 4 is 11.8 Å². The van der Waals surface area contributed by atoms with Gasteiger partial charge < -0.3 is 15.1 Å². The molecule has 0 aliphatic carbocycles. The lowest BCUT2D eigenvalue weighted by Crippen LogP contribution is -2.32. The summed E-state index contributed by atoms with van der Waals surface area (Å²) in [6.07, 6.45) is 1.32. The number of carbonyl (C=O) groups is 2. The second-order valence-electron chi connectivity index (χ2n) is 4.51. The van der Waals surface area contributed by atoms with Gasteiger partial charge in [0.15, 0.2) is 0 Å². The van der Waals surface area contributed by atoms with Gasteiger partial charge in [0.05, 0.1) is 5.92 Å². The molecule has 0 radical (unpaired) electrons. The van der Waals surface area contributed by atoms with E-state index in [-0.39, 0.29) is 17.7 Å². The van der Waals surface area contributed by atoms with E-state index in [9.17, 15) is 9.59 Å². The van der Waals surface area contributed by atoms with Gasteiger partial charge in [-0.3, -0.25) is 9.59 Å². The summed E-state index contributed by atoms with van der Waals surface area (Å²) in [6.45, 7) is 2.30. The predicted octanol–water partition coefficient (Wildman–Crippen LogP) is -0.467. The predicted molar refractivity (Wildman–Crippen MR) is 61.9 cm³/mol. The van der Waals surface area contributed by atoms with Crippen molar-refractivity contribution in [3.63, 3.8) is 0 Å². The minimum atomic E-state index is -0.156. The summed E-state index contributed by atoms with van der Waals surface area (Å²) in [6, 6.07) is 0. The van der Waals surface area contributed by atoms with Crippen LogP contribution in [0.15, 0.2) is 0 Å². The van der Waals surface area contributed by atoms with Gasteiger partial charge in [0.1, 0.15) is 0 Å². The number of rotatable bonds is 5. The van der Waals surface area contributed by atoms with Gasteiger partial charge in [0, 0.05) is 26.6 Å². The van der Waals surface area contributed by atoms with Crippen molar-refractivity contribution in [3.05, 3.63) is 0 Å². The van der Waals surface area contributed by atoms with Crippen molar-refractivity contribution in [2.75, 3.05) is 40.8 Å². The van der Waals surface area contributed by atoms with E-state index in [1.165, 1.54) is 0 Å². The number of nitrogens with one attached hydrogen (secondary N) is 1. The average molecular weight is 227 g/mol. The molecule has 1 heterocycles. The summed E-state index contributed by atoms with van der Waals surface area (Å²) < 4.78 is 0. The third-order valence-electron chi connectivity index (χ3n) is 2.87. The summed E-state index contributed by atoms with van der Waals surface area (Å²) in [4.78, 5) is 26.9. The van der Waals surface area contributed by atoms with E-state index in [2.05, 4.69) is 10.2 Å². The molecule has 1 fully saturated rings. The van der Waals surface area contributed by atoms with Gasteiger partial charge in [-0.2, -0.15) is 0 Å². The van der Waals surface area contributed by atoms with Crippen molar-refractivity contribution < 1.29 is 9.59 Å². The highest BCUT2D eigenvalue weighted by molar-refractivity contribution is 5.89. The van der Waals surface area contributed by atoms with E-state index < -0.39 is 0 Å². The molecule has 1 aliphatic heterocycles. The zero-order valence-corrected chi connectivity index (χ0v) is 10.3. The zero-order chi connectivity index (χ0) is 12.1. The smallest absolute Gasteiger partial charge is 0.225 e. The van der Waals surface area contributed by atoms with E-state index in [1.807, 2.05) is 14.1 Å². The first-order valence-electron chi connectivity index (χ1n) is 5.68. The summed E-state index contributed by atoms with van der Waals surface area (Å²) in [5, 5.41) is 2.60. The van der Waals surface area contributed by atoms with E-state index in [1.54, 1.807) is 11.9 Å². The molecule has 1 atom stereocenters. The lowest BCUT2D eigenvalue weighted by atomic mass is 10.1. The number of amides is 2. The molecule has 0 aromatic heterocycles. The molecule has 92 valence electrons. The Morgan fingerprint density at radius 1 is 1.56 bits per heavy atom. The van der Waals surface area contributed by atoms with Gasteiger partial charge in [0.2, 0.25) is 11.8 Å². The lowest BCUT2D eigenvalue weighted by molar-refractivity contribution is -0.128. The monoisotopic (exact) mass is 227 g/mol. The van der Waals surface area contributed by atoms with Crippen LogP contribution in [0.2, 0.25) is 0 Å². The molecule has 0 aromatic rings. The fourth-order valence-corrected chi connectivity index (χ4v) is 1.95. The van der Waals surface area contributed by atoms with Crippen molar-refractivity contribution in [1.82, 2.24) is 15.1 Å². The fourth-order valence-electron chi connectivity index (χ4n) is 1.95. The summed E-state index contributed by atoms with van der Waals surface area (Å²) in [5.74, 6) is -0.0762. The molecule has 1 unspecified atom stereocenters. The van der Waals surface area contributed by atoms with Gasteiger partial charge in [-0.15, -0.1) is 0 Å². The van der Waals surface area contributed by atoms with Crippen LogP contribution in [0.4, 0.5) is 0 Å². The van der Waals surface area contributed by atoms with Crippen molar-refractivity contribution in [3.8, 4) is 0 Å². The van der Waals surface area contributed by atoms with Crippen LogP contribution in [0.1, 0.15) is 12.8 Å². The first-order valence-corrected chi connectivity index (χ1v) is 5.68. The van der Waals surface area contributed by atoms with E-state index in [4.69, 9.17) is 0 Å².